The summed E-state index contributed by atoms with van der Waals surface area (Å²) in [6.07, 6.45) is -4.63. The molecule has 0 aromatic heterocycles. The lowest BCUT2D eigenvalue weighted by atomic mass is 10.0. The molecular formula is C19H18ClF3N3O2+. The number of piperazine rings is 1. The summed E-state index contributed by atoms with van der Waals surface area (Å²) in [5.74, 6) is -0.674. The molecule has 2 aromatic carbocycles. The van der Waals surface area contributed by atoms with Crippen LogP contribution in [0.2, 0.25) is 5.02 Å². The highest BCUT2D eigenvalue weighted by Crippen LogP contribution is 2.36. The summed E-state index contributed by atoms with van der Waals surface area (Å²) in [6, 6.07) is 11.3. The number of carbonyl (C=O) groups is 2. The Balaban J connectivity index is 1.89. The number of hydrogen-bond donors (Lipinski definition) is 3. The first-order valence-electron chi connectivity index (χ1n) is 8.59. The fourth-order valence-electron chi connectivity index (χ4n) is 3.22. The molecule has 0 spiro atoms. The van der Waals surface area contributed by atoms with E-state index in [9.17, 15) is 22.8 Å². The number of halogens is 4. The summed E-state index contributed by atoms with van der Waals surface area (Å²) < 4.78 is 39.2. The van der Waals surface area contributed by atoms with Gasteiger partial charge in [-0.2, -0.15) is 13.2 Å². The predicted molar refractivity (Wildman–Crippen MR) is 98.0 cm³/mol. The van der Waals surface area contributed by atoms with E-state index in [4.69, 9.17) is 11.6 Å². The highest BCUT2D eigenvalue weighted by molar-refractivity contribution is 6.31. The SMILES string of the molecule is O=C1C[NH+]([C@H](C(=O)Nc2ccc(Cl)c(C(F)(F)F)c2)c2ccccc2)CCN1. The average molecular weight is 413 g/mol. The van der Waals surface area contributed by atoms with Crippen LogP contribution in [-0.4, -0.2) is 31.4 Å². The molecule has 2 amide bonds. The van der Waals surface area contributed by atoms with Crippen LogP contribution in [0.15, 0.2) is 48.5 Å². The number of carbonyl (C=O) groups excluding carboxylic acids is 2. The minimum absolute atomic E-state index is 0.0106. The normalized spacial score (nSPS) is 18.3. The van der Waals surface area contributed by atoms with Gasteiger partial charge < -0.3 is 15.5 Å². The van der Waals surface area contributed by atoms with Crippen molar-refractivity contribution in [1.82, 2.24) is 5.32 Å². The van der Waals surface area contributed by atoms with Gasteiger partial charge in [-0.3, -0.25) is 9.59 Å². The number of quaternary nitrogens is 1. The standard InChI is InChI=1S/C19H17ClF3N3O2/c20-15-7-6-13(10-14(15)19(21,22)23)25-18(28)17(12-4-2-1-3-5-12)26-9-8-24-16(27)11-26/h1-7,10,17H,8-9,11H2,(H,24,27)(H,25,28)/p+1/t17-/m0/s1. The largest absolute Gasteiger partial charge is 0.417 e. The number of anilines is 1. The molecule has 148 valence electrons. The molecule has 2 atom stereocenters. The lowest BCUT2D eigenvalue weighted by molar-refractivity contribution is -0.915. The molecule has 1 unspecified atom stereocenters. The maximum absolute atomic E-state index is 13.1. The summed E-state index contributed by atoms with van der Waals surface area (Å²) in [7, 11) is 0. The van der Waals surface area contributed by atoms with E-state index in [1.165, 1.54) is 6.07 Å². The van der Waals surface area contributed by atoms with Crippen molar-refractivity contribution in [3.8, 4) is 0 Å². The summed E-state index contributed by atoms with van der Waals surface area (Å²) in [4.78, 5) is 25.5. The molecule has 1 aliphatic heterocycles. The molecule has 28 heavy (non-hydrogen) atoms. The molecule has 1 aliphatic rings. The van der Waals surface area contributed by atoms with E-state index in [0.29, 0.717) is 18.7 Å². The Bertz CT molecular complexity index is 874. The van der Waals surface area contributed by atoms with Crippen molar-refractivity contribution in [3.05, 3.63) is 64.7 Å². The first-order chi connectivity index (χ1) is 13.3. The Kier molecular flexibility index (Phi) is 5.90. The van der Waals surface area contributed by atoms with Gasteiger partial charge in [0.05, 0.1) is 23.7 Å². The highest BCUT2D eigenvalue weighted by Gasteiger charge is 2.36. The second-order valence-electron chi connectivity index (χ2n) is 6.46. The van der Waals surface area contributed by atoms with Gasteiger partial charge in [0.25, 0.3) is 11.8 Å². The zero-order chi connectivity index (χ0) is 20.3. The lowest BCUT2D eigenvalue weighted by Gasteiger charge is -2.30. The van der Waals surface area contributed by atoms with Crippen molar-refractivity contribution in [2.45, 2.75) is 12.2 Å². The van der Waals surface area contributed by atoms with Gasteiger partial charge in [-0.15, -0.1) is 0 Å². The highest BCUT2D eigenvalue weighted by atomic mass is 35.5. The van der Waals surface area contributed by atoms with E-state index >= 15 is 0 Å². The van der Waals surface area contributed by atoms with E-state index in [-0.39, 0.29) is 18.1 Å². The average Bonchev–Trinajstić information content (AvgIpc) is 2.63. The fourth-order valence-corrected chi connectivity index (χ4v) is 3.44. The van der Waals surface area contributed by atoms with Crippen LogP contribution in [0.25, 0.3) is 0 Å². The van der Waals surface area contributed by atoms with Crippen molar-refractivity contribution in [2.24, 2.45) is 0 Å². The van der Waals surface area contributed by atoms with Crippen LogP contribution in [0.1, 0.15) is 17.2 Å². The monoisotopic (exact) mass is 412 g/mol. The Morgan fingerprint density at radius 1 is 1.18 bits per heavy atom. The first-order valence-corrected chi connectivity index (χ1v) is 8.97. The van der Waals surface area contributed by atoms with Crippen LogP contribution in [0.5, 0.6) is 0 Å². The van der Waals surface area contributed by atoms with Crippen LogP contribution in [0.3, 0.4) is 0 Å². The van der Waals surface area contributed by atoms with Gasteiger partial charge in [0.15, 0.2) is 12.6 Å². The summed E-state index contributed by atoms with van der Waals surface area (Å²) in [6.45, 7) is 1.04. The quantitative estimate of drug-likeness (QED) is 0.720. The summed E-state index contributed by atoms with van der Waals surface area (Å²) in [5, 5.41) is 4.81. The summed E-state index contributed by atoms with van der Waals surface area (Å²) in [5.41, 5.74) is -0.355. The Labute approximate surface area is 164 Å². The Morgan fingerprint density at radius 3 is 2.54 bits per heavy atom. The molecule has 1 saturated heterocycles. The topological polar surface area (TPSA) is 62.6 Å². The number of benzene rings is 2. The lowest BCUT2D eigenvalue weighted by Crippen LogP contribution is -3.16. The van der Waals surface area contributed by atoms with E-state index in [2.05, 4.69) is 10.6 Å². The molecule has 0 radical (unpaired) electrons. The number of nitrogens with one attached hydrogen (secondary N) is 3. The van der Waals surface area contributed by atoms with Crippen molar-refractivity contribution in [2.75, 3.05) is 25.0 Å². The molecule has 0 aliphatic carbocycles. The molecule has 0 bridgehead atoms. The van der Waals surface area contributed by atoms with E-state index in [0.717, 1.165) is 17.0 Å². The van der Waals surface area contributed by atoms with Crippen LogP contribution >= 0.6 is 11.6 Å². The number of alkyl halides is 3. The van der Waals surface area contributed by atoms with E-state index < -0.39 is 28.7 Å². The Hall–Kier alpha value is -2.58. The van der Waals surface area contributed by atoms with Crippen LogP contribution < -0.4 is 15.5 Å². The van der Waals surface area contributed by atoms with Gasteiger partial charge in [0.2, 0.25) is 0 Å². The minimum atomic E-state index is -4.63. The predicted octanol–water partition coefficient (Wildman–Crippen LogP) is 2.05. The molecule has 2 aromatic rings. The van der Waals surface area contributed by atoms with Gasteiger partial charge in [-0.1, -0.05) is 41.9 Å². The van der Waals surface area contributed by atoms with Gasteiger partial charge in [-0.25, -0.2) is 0 Å². The van der Waals surface area contributed by atoms with Crippen molar-refractivity contribution < 1.29 is 27.7 Å². The maximum Gasteiger partial charge on any atom is 0.417 e. The second kappa shape index (κ2) is 8.20. The molecule has 9 heteroatoms. The van der Waals surface area contributed by atoms with Gasteiger partial charge in [-0.05, 0) is 18.2 Å². The summed E-state index contributed by atoms with van der Waals surface area (Å²) >= 11 is 5.63. The van der Waals surface area contributed by atoms with Gasteiger partial charge >= 0.3 is 6.18 Å². The van der Waals surface area contributed by atoms with Crippen molar-refractivity contribution in [1.29, 1.82) is 0 Å². The molecule has 1 fully saturated rings. The molecular weight excluding hydrogens is 395 g/mol. The van der Waals surface area contributed by atoms with Crippen molar-refractivity contribution in [3.63, 3.8) is 0 Å². The van der Waals surface area contributed by atoms with Gasteiger partial charge in [0, 0.05) is 11.3 Å². The van der Waals surface area contributed by atoms with Crippen LogP contribution in [0.4, 0.5) is 18.9 Å². The Morgan fingerprint density at radius 2 is 1.89 bits per heavy atom. The molecule has 3 rings (SSSR count). The molecule has 3 N–H and O–H groups in total. The molecule has 0 saturated carbocycles. The fraction of sp³-hybridized carbons (Fsp3) is 0.263. The third kappa shape index (κ3) is 4.63. The zero-order valence-electron chi connectivity index (χ0n) is 14.6. The number of hydrogen-bond acceptors (Lipinski definition) is 2. The maximum atomic E-state index is 13.1. The van der Waals surface area contributed by atoms with E-state index in [1.54, 1.807) is 30.3 Å². The van der Waals surface area contributed by atoms with E-state index in [1.807, 2.05) is 0 Å². The van der Waals surface area contributed by atoms with Gasteiger partial charge in [0.1, 0.15) is 0 Å². The molecule has 5 nitrogen and oxygen atoms in total. The third-order valence-electron chi connectivity index (χ3n) is 4.50. The van der Waals surface area contributed by atoms with Crippen LogP contribution in [-0.2, 0) is 15.8 Å². The number of rotatable bonds is 4. The van der Waals surface area contributed by atoms with Crippen molar-refractivity contribution >= 4 is 29.1 Å². The minimum Gasteiger partial charge on any atom is -0.346 e. The smallest absolute Gasteiger partial charge is 0.346 e. The zero-order valence-corrected chi connectivity index (χ0v) is 15.4. The molecule has 1 heterocycles. The van der Waals surface area contributed by atoms with Crippen LogP contribution in [0, 0.1) is 0 Å². The third-order valence-corrected chi connectivity index (χ3v) is 4.83. The first kappa shape index (κ1) is 20.2. The number of amides is 2. The second-order valence-corrected chi connectivity index (χ2v) is 6.87.